The maximum Gasteiger partial charge on any atom is 0.200 e. The van der Waals surface area contributed by atoms with Gasteiger partial charge in [0.15, 0.2) is 23.3 Å². The van der Waals surface area contributed by atoms with Crippen molar-refractivity contribution in [1.29, 1.82) is 0 Å². The van der Waals surface area contributed by atoms with Gasteiger partial charge in [0, 0.05) is 6.54 Å². The molecular formula is C13H15F5N2. The Kier molecular flexibility index (Phi) is 4.80. The van der Waals surface area contributed by atoms with Crippen molar-refractivity contribution in [1.82, 2.24) is 5.32 Å². The molecule has 7 heteroatoms. The zero-order valence-corrected chi connectivity index (χ0v) is 10.7. The van der Waals surface area contributed by atoms with Crippen LogP contribution in [0.3, 0.4) is 0 Å². The fourth-order valence-electron chi connectivity index (χ4n) is 2.33. The van der Waals surface area contributed by atoms with Crippen LogP contribution in [0.1, 0.15) is 19.3 Å². The van der Waals surface area contributed by atoms with Crippen LogP contribution >= 0.6 is 0 Å². The SMILES string of the molecule is Fc1c(F)c(F)c(NCCC2CCCNC2)c(F)c1F. The summed E-state index contributed by atoms with van der Waals surface area (Å²) in [6.45, 7) is 1.91. The fraction of sp³-hybridized carbons (Fsp3) is 0.538. The van der Waals surface area contributed by atoms with E-state index in [-0.39, 0.29) is 6.54 Å². The summed E-state index contributed by atoms with van der Waals surface area (Å²) in [6, 6.07) is 0. The van der Waals surface area contributed by atoms with Gasteiger partial charge in [-0.25, -0.2) is 22.0 Å². The predicted molar refractivity (Wildman–Crippen MR) is 64.9 cm³/mol. The van der Waals surface area contributed by atoms with Gasteiger partial charge in [-0.05, 0) is 38.3 Å². The molecule has 2 N–H and O–H groups in total. The molecular weight excluding hydrogens is 279 g/mol. The molecule has 2 rings (SSSR count). The summed E-state index contributed by atoms with van der Waals surface area (Å²) in [6.07, 6.45) is 2.62. The zero-order chi connectivity index (χ0) is 14.7. The lowest BCUT2D eigenvalue weighted by Crippen LogP contribution is -2.30. The van der Waals surface area contributed by atoms with Gasteiger partial charge in [0.2, 0.25) is 5.82 Å². The highest BCUT2D eigenvalue weighted by Gasteiger charge is 2.25. The number of benzene rings is 1. The molecule has 1 aromatic carbocycles. The first kappa shape index (κ1) is 15.0. The Bertz CT molecular complexity index is 457. The monoisotopic (exact) mass is 294 g/mol. The minimum Gasteiger partial charge on any atom is -0.380 e. The van der Waals surface area contributed by atoms with Crippen molar-refractivity contribution in [2.24, 2.45) is 5.92 Å². The van der Waals surface area contributed by atoms with Gasteiger partial charge in [0.25, 0.3) is 0 Å². The van der Waals surface area contributed by atoms with Crippen molar-refractivity contribution in [3.05, 3.63) is 29.1 Å². The average molecular weight is 294 g/mol. The van der Waals surface area contributed by atoms with Gasteiger partial charge in [-0.15, -0.1) is 0 Å². The minimum atomic E-state index is -2.14. The van der Waals surface area contributed by atoms with Crippen LogP contribution in [0.15, 0.2) is 0 Å². The molecule has 0 spiro atoms. The molecule has 1 fully saturated rings. The molecule has 1 heterocycles. The van der Waals surface area contributed by atoms with Gasteiger partial charge in [-0.1, -0.05) is 0 Å². The van der Waals surface area contributed by atoms with E-state index in [1.54, 1.807) is 0 Å². The van der Waals surface area contributed by atoms with E-state index in [0.29, 0.717) is 12.3 Å². The van der Waals surface area contributed by atoms with Crippen molar-refractivity contribution in [2.75, 3.05) is 25.0 Å². The molecule has 0 bridgehead atoms. The van der Waals surface area contributed by atoms with Gasteiger partial charge in [-0.3, -0.25) is 0 Å². The Morgan fingerprint density at radius 3 is 2.10 bits per heavy atom. The Morgan fingerprint density at radius 1 is 0.950 bits per heavy atom. The smallest absolute Gasteiger partial charge is 0.200 e. The quantitative estimate of drug-likeness (QED) is 0.506. The highest BCUT2D eigenvalue weighted by atomic mass is 19.2. The summed E-state index contributed by atoms with van der Waals surface area (Å²) in [5, 5.41) is 5.50. The van der Waals surface area contributed by atoms with Crippen LogP contribution in [0.4, 0.5) is 27.6 Å². The number of piperidine rings is 1. The largest absolute Gasteiger partial charge is 0.380 e. The third-order valence-electron chi connectivity index (χ3n) is 3.46. The number of nitrogens with one attached hydrogen (secondary N) is 2. The van der Waals surface area contributed by atoms with Crippen LogP contribution < -0.4 is 10.6 Å². The van der Waals surface area contributed by atoms with E-state index < -0.39 is 34.8 Å². The molecule has 20 heavy (non-hydrogen) atoms. The molecule has 0 aromatic heterocycles. The third-order valence-corrected chi connectivity index (χ3v) is 3.46. The number of hydrogen-bond acceptors (Lipinski definition) is 2. The number of anilines is 1. The lowest BCUT2D eigenvalue weighted by molar-refractivity contribution is 0.362. The van der Waals surface area contributed by atoms with E-state index in [0.717, 1.165) is 25.9 Å². The fourth-order valence-corrected chi connectivity index (χ4v) is 2.33. The second kappa shape index (κ2) is 6.39. The highest BCUT2D eigenvalue weighted by Crippen LogP contribution is 2.27. The highest BCUT2D eigenvalue weighted by molar-refractivity contribution is 5.47. The van der Waals surface area contributed by atoms with Crippen LogP contribution in [0.25, 0.3) is 0 Å². The Labute approximate surface area is 113 Å². The molecule has 0 aliphatic carbocycles. The lowest BCUT2D eigenvalue weighted by atomic mass is 9.96. The molecule has 1 saturated heterocycles. The Hall–Kier alpha value is -1.37. The predicted octanol–water partition coefficient (Wildman–Crippen LogP) is 3.18. The standard InChI is InChI=1S/C13H15F5N2/c14-8-9(15)11(17)13(12(18)10(8)16)20-5-3-7-2-1-4-19-6-7/h7,19-20H,1-6H2. The zero-order valence-electron chi connectivity index (χ0n) is 10.7. The van der Waals surface area contributed by atoms with Gasteiger partial charge in [-0.2, -0.15) is 0 Å². The maximum atomic E-state index is 13.4. The van der Waals surface area contributed by atoms with E-state index in [1.165, 1.54) is 0 Å². The summed E-state index contributed by atoms with van der Waals surface area (Å²) in [5.74, 6) is -9.28. The summed E-state index contributed by atoms with van der Waals surface area (Å²) in [4.78, 5) is 0. The van der Waals surface area contributed by atoms with E-state index in [1.807, 2.05) is 0 Å². The molecule has 1 atom stereocenters. The lowest BCUT2D eigenvalue weighted by Gasteiger charge is -2.23. The molecule has 1 aliphatic heterocycles. The number of halogens is 5. The summed E-state index contributed by atoms with van der Waals surface area (Å²) in [7, 11) is 0. The van der Waals surface area contributed by atoms with Crippen molar-refractivity contribution < 1.29 is 22.0 Å². The van der Waals surface area contributed by atoms with E-state index in [2.05, 4.69) is 10.6 Å². The van der Waals surface area contributed by atoms with Crippen LogP contribution in [0.5, 0.6) is 0 Å². The second-order valence-corrected chi connectivity index (χ2v) is 4.87. The minimum absolute atomic E-state index is 0.157. The number of hydrogen-bond donors (Lipinski definition) is 2. The topological polar surface area (TPSA) is 24.1 Å². The Balaban J connectivity index is 2.02. The molecule has 1 aromatic rings. The molecule has 112 valence electrons. The van der Waals surface area contributed by atoms with E-state index in [9.17, 15) is 22.0 Å². The van der Waals surface area contributed by atoms with E-state index >= 15 is 0 Å². The molecule has 1 aliphatic rings. The maximum absolute atomic E-state index is 13.4. The first-order chi connectivity index (χ1) is 9.52. The molecule has 0 saturated carbocycles. The summed E-state index contributed by atoms with van der Waals surface area (Å²) >= 11 is 0. The second-order valence-electron chi connectivity index (χ2n) is 4.87. The van der Waals surface area contributed by atoms with Gasteiger partial charge >= 0.3 is 0 Å². The van der Waals surface area contributed by atoms with Gasteiger partial charge < -0.3 is 10.6 Å². The van der Waals surface area contributed by atoms with Crippen LogP contribution in [0.2, 0.25) is 0 Å². The number of rotatable bonds is 4. The van der Waals surface area contributed by atoms with Crippen molar-refractivity contribution in [2.45, 2.75) is 19.3 Å². The molecule has 0 radical (unpaired) electrons. The molecule has 0 amide bonds. The molecule has 1 unspecified atom stereocenters. The average Bonchev–Trinajstić information content (AvgIpc) is 2.48. The van der Waals surface area contributed by atoms with Crippen LogP contribution in [-0.4, -0.2) is 19.6 Å². The van der Waals surface area contributed by atoms with Crippen molar-refractivity contribution >= 4 is 5.69 Å². The van der Waals surface area contributed by atoms with Crippen molar-refractivity contribution in [3.63, 3.8) is 0 Å². The van der Waals surface area contributed by atoms with Crippen LogP contribution in [0, 0.1) is 35.0 Å². The molecule has 2 nitrogen and oxygen atoms in total. The van der Waals surface area contributed by atoms with E-state index in [4.69, 9.17) is 0 Å². The third kappa shape index (κ3) is 3.03. The van der Waals surface area contributed by atoms with Gasteiger partial charge in [0.1, 0.15) is 5.69 Å². The first-order valence-corrected chi connectivity index (χ1v) is 6.48. The summed E-state index contributed by atoms with van der Waals surface area (Å²) in [5.41, 5.74) is -0.954. The first-order valence-electron chi connectivity index (χ1n) is 6.48. The normalized spacial score (nSPS) is 19.1. The van der Waals surface area contributed by atoms with Crippen LogP contribution in [-0.2, 0) is 0 Å². The van der Waals surface area contributed by atoms with Crippen molar-refractivity contribution in [3.8, 4) is 0 Å². The summed E-state index contributed by atoms with van der Waals surface area (Å²) < 4.78 is 65.5. The Morgan fingerprint density at radius 2 is 1.55 bits per heavy atom. The van der Waals surface area contributed by atoms with Gasteiger partial charge in [0.05, 0.1) is 0 Å².